The molecule has 2 fully saturated rings. The highest BCUT2D eigenvalue weighted by Crippen LogP contribution is 2.24. The van der Waals surface area contributed by atoms with Crippen molar-refractivity contribution in [2.75, 3.05) is 13.7 Å². The van der Waals surface area contributed by atoms with Gasteiger partial charge in [-0.2, -0.15) is 0 Å². The van der Waals surface area contributed by atoms with Crippen molar-refractivity contribution in [3.8, 4) is 0 Å². The zero-order valence-corrected chi connectivity index (χ0v) is 15.6. The van der Waals surface area contributed by atoms with E-state index in [1.165, 1.54) is 32.1 Å². The summed E-state index contributed by atoms with van der Waals surface area (Å²) >= 11 is 0. The van der Waals surface area contributed by atoms with Gasteiger partial charge in [-0.3, -0.25) is 9.59 Å². The van der Waals surface area contributed by atoms with Crippen LogP contribution < -0.4 is 5.32 Å². The van der Waals surface area contributed by atoms with Gasteiger partial charge in [0, 0.05) is 13.5 Å². The molecule has 2 saturated heterocycles. The molecule has 0 spiro atoms. The van der Waals surface area contributed by atoms with Crippen molar-refractivity contribution in [2.45, 2.75) is 89.8 Å². The molecule has 2 amide bonds. The third-order valence-electron chi connectivity index (χ3n) is 5.48. The van der Waals surface area contributed by atoms with E-state index in [-0.39, 0.29) is 24.0 Å². The average Bonchev–Trinajstić information content (AvgIpc) is 3.39. The van der Waals surface area contributed by atoms with Crippen molar-refractivity contribution in [1.29, 1.82) is 0 Å². The maximum absolute atomic E-state index is 12.6. The molecule has 0 aromatic rings. The number of amides is 2. The van der Waals surface area contributed by atoms with Crippen LogP contribution in [0.5, 0.6) is 0 Å². The Kier molecular flexibility index (Phi) is 7.53. The minimum absolute atomic E-state index is 0.0642. The fourth-order valence-electron chi connectivity index (χ4n) is 3.49. The second-order valence-electron chi connectivity index (χ2n) is 7.67. The van der Waals surface area contributed by atoms with Crippen LogP contribution in [0.1, 0.15) is 71.6 Å². The Morgan fingerprint density at radius 1 is 1.04 bits per heavy atom. The van der Waals surface area contributed by atoms with E-state index in [1.807, 2.05) is 6.92 Å². The van der Waals surface area contributed by atoms with Crippen LogP contribution in [0.4, 0.5) is 0 Å². The molecular formula is C19H34N2O3. The lowest BCUT2D eigenvalue weighted by molar-refractivity contribution is -0.138. The van der Waals surface area contributed by atoms with Crippen molar-refractivity contribution >= 4 is 11.8 Å². The van der Waals surface area contributed by atoms with Gasteiger partial charge < -0.3 is 15.0 Å². The van der Waals surface area contributed by atoms with Crippen LogP contribution in [0.2, 0.25) is 0 Å². The molecule has 0 aliphatic carbocycles. The molecule has 2 unspecified atom stereocenters. The number of epoxide rings is 1. The summed E-state index contributed by atoms with van der Waals surface area (Å²) in [4.78, 5) is 26.4. The first-order chi connectivity index (χ1) is 11.5. The van der Waals surface area contributed by atoms with Gasteiger partial charge in [-0.25, -0.2) is 0 Å². The molecule has 2 aliphatic heterocycles. The number of hydrogen-bond donors (Lipinski definition) is 1. The van der Waals surface area contributed by atoms with Crippen molar-refractivity contribution in [3.63, 3.8) is 0 Å². The lowest BCUT2D eigenvalue weighted by Crippen LogP contribution is -2.50. The van der Waals surface area contributed by atoms with E-state index in [2.05, 4.69) is 12.2 Å². The molecule has 0 radical (unpaired) electrons. The summed E-state index contributed by atoms with van der Waals surface area (Å²) in [7, 11) is 1.74. The molecule has 0 saturated carbocycles. The smallest absolute Gasteiger partial charge is 0.242 e. The Balaban J connectivity index is 1.98. The Labute approximate surface area is 146 Å². The van der Waals surface area contributed by atoms with Gasteiger partial charge in [-0.1, -0.05) is 45.4 Å². The topological polar surface area (TPSA) is 61.9 Å². The van der Waals surface area contributed by atoms with Crippen LogP contribution in [0.25, 0.3) is 0 Å². The average molecular weight is 338 g/mol. The van der Waals surface area contributed by atoms with Gasteiger partial charge in [0.2, 0.25) is 11.8 Å². The van der Waals surface area contributed by atoms with Gasteiger partial charge in [-0.15, -0.1) is 0 Å². The monoisotopic (exact) mass is 338 g/mol. The number of carbonyl (C=O) groups is 2. The summed E-state index contributed by atoms with van der Waals surface area (Å²) in [5.74, 6) is 0.588. The third kappa shape index (κ3) is 6.08. The molecular weight excluding hydrogens is 304 g/mol. The molecule has 1 N–H and O–H groups in total. The molecule has 5 heteroatoms. The van der Waals surface area contributed by atoms with Crippen LogP contribution in [-0.2, 0) is 14.3 Å². The number of rotatable bonds is 1. The summed E-state index contributed by atoms with van der Waals surface area (Å²) in [5.41, 5.74) is 0. The number of ether oxygens (including phenoxy) is 1. The van der Waals surface area contributed by atoms with Gasteiger partial charge in [-0.05, 0) is 25.7 Å². The second-order valence-corrected chi connectivity index (χ2v) is 7.67. The summed E-state index contributed by atoms with van der Waals surface area (Å²) < 4.78 is 5.44. The number of likely N-dealkylation sites (N-methyl/N-ethyl adjacent to an activating group) is 1. The highest BCUT2D eigenvalue weighted by molar-refractivity contribution is 5.87. The van der Waals surface area contributed by atoms with Gasteiger partial charge in [0.25, 0.3) is 0 Å². The lowest BCUT2D eigenvalue weighted by atomic mass is 9.93. The van der Waals surface area contributed by atoms with E-state index in [9.17, 15) is 9.59 Å². The maximum atomic E-state index is 12.6. The molecule has 24 heavy (non-hydrogen) atoms. The van der Waals surface area contributed by atoms with Crippen molar-refractivity contribution in [2.24, 2.45) is 5.92 Å². The standard InChI is InChI=1S/C19H34N2O3/c1-14-10-8-6-4-5-7-9-11-18(22)21(3)15(2)19(23)20-16(12-14)17-13-24-17/h14-17H,4-13H2,1-3H3,(H,20,23)/t14-,15+,16?,17?/m1/s1. The van der Waals surface area contributed by atoms with E-state index in [4.69, 9.17) is 4.74 Å². The quantitative estimate of drug-likeness (QED) is 0.748. The summed E-state index contributed by atoms with van der Waals surface area (Å²) in [5, 5.41) is 3.13. The molecule has 4 atom stereocenters. The Morgan fingerprint density at radius 2 is 1.67 bits per heavy atom. The van der Waals surface area contributed by atoms with Crippen molar-refractivity contribution in [1.82, 2.24) is 10.2 Å². The first-order valence-electron chi connectivity index (χ1n) is 9.66. The highest BCUT2D eigenvalue weighted by atomic mass is 16.6. The molecule has 0 aromatic carbocycles. The Morgan fingerprint density at radius 3 is 2.33 bits per heavy atom. The minimum atomic E-state index is -0.429. The summed E-state index contributed by atoms with van der Waals surface area (Å²) in [6, 6.07) is -0.353. The van der Waals surface area contributed by atoms with Crippen LogP contribution in [0.3, 0.4) is 0 Å². The minimum Gasteiger partial charge on any atom is -0.371 e. The molecule has 2 rings (SSSR count). The second kappa shape index (κ2) is 9.40. The van der Waals surface area contributed by atoms with Crippen LogP contribution in [0.15, 0.2) is 0 Å². The van der Waals surface area contributed by atoms with Crippen LogP contribution >= 0.6 is 0 Å². The van der Waals surface area contributed by atoms with Gasteiger partial charge in [0.1, 0.15) is 12.1 Å². The summed E-state index contributed by atoms with van der Waals surface area (Å²) in [6.07, 6.45) is 9.90. The Bertz CT molecular complexity index is 423. The molecule has 5 nitrogen and oxygen atoms in total. The molecule has 2 aliphatic rings. The third-order valence-corrected chi connectivity index (χ3v) is 5.48. The SMILES string of the molecule is C[C@@H]1CCCCCCCCC(=O)N(C)[C@@H](C)C(=O)NC(C2CO2)C1. The number of hydrogen-bond acceptors (Lipinski definition) is 3. The normalized spacial score (nSPS) is 34.7. The predicted octanol–water partition coefficient (Wildman–Crippen LogP) is 2.88. The van der Waals surface area contributed by atoms with E-state index < -0.39 is 6.04 Å². The molecule has 0 bridgehead atoms. The fourth-order valence-corrected chi connectivity index (χ4v) is 3.49. The zero-order valence-electron chi connectivity index (χ0n) is 15.6. The molecule has 2 heterocycles. The lowest BCUT2D eigenvalue weighted by Gasteiger charge is -2.27. The molecule has 0 aromatic heterocycles. The maximum Gasteiger partial charge on any atom is 0.242 e. The zero-order chi connectivity index (χ0) is 17.5. The van der Waals surface area contributed by atoms with Crippen molar-refractivity contribution in [3.05, 3.63) is 0 Å². The van der Waals surface area contributed by atoms with Gasteiger partial charge in [0.15, 0.2) is 0 Å². The van der Waals surface area contributed by atoms with Gasteiger partial charge in [0.05, 0.1) is 12.6 Å². The Hall–Kier alpha value is -1.10. The summed E-state index contributed by atoms with van der Waals surface area (Å²) in [6.45, 7) is 4.81. The first-order valence-corrected chi connectivity index (χ1v) is 9.66. The first kappa shape index (κ1) is 19.2. The van der Waals surface area contributed by atoms with Crippen molar-refractivity contribution < 1.29 is 14.3 Å². The van der Waals surface area contributed by atoms with E-state index >= 15 is 0 Å². The number of nitrogens with one attached hydrogen (secondary N) is 1. The van der Waals surface area contributed by atoms with E-state index in [0.717, 1.165) is 25.9 Å². The van der Waals surface area contributed by atoms with Crippen LogP contribution in [0, 0.1) is 5.92 Å². The fraction of sp³-hybridized carbons (Fsp3) is 0.895. The van der Waals surface area contributed by atoms with Crippen LogP contribution in [-0.4, -0.2) is 48.6 Å². The number of nitrogens with zero attached hydrogens (tertiary/aromatic N) is 1. The van der Waals surface area contributed by atoms with E-state index in [0.29, 0.717) is 12.3 Å². The molecule has 138 valence electrons. The largest absolute Gasteiger partial charge is 0.371 e. The number of carbonyl (C=O) groups excluding carboxylic acids is 2. The predicted molar refractivity (Wildman–Crippen MR) is 94.6 cm³/mol. The van der Waals surface area contributed by atoms with Gasteiger partial charge >= 0.3 is 0 Å². The highest BCUT2D eigenvalue weighted by Gasteiger charge is 2.36. The van der Waals surface area contributed by atoms with E-state index in [1.54, 1.807) is 11.9 Å².